The van der Waals surface area contributed by atoms with Gasteiger partial charge in [0, 0.05) is 22.9 Å². The summed E-state index contributed by atoms with van der Waals surface area (Å²) in [6.07, 6.45) is 1.71. The Morgan fingerprint density at radius 3 is 1.24 bits per heavy atom. The first-order chi connectivity index (χ1) is 21.9. The molecule has 0 spiro atoms. The van der Waals surface area contributed by atoms with E-state index in [9.17, 15) is 39.6 Å². The average Bonchev–Trinajstić information content (AvgIpc) is 3.06. The molecule has 0 atom stereocenters. The number of ketones is 2. The third-order valence-electron chi connectivity index (χ3n) is 6.96. The van der Waals surface area contributed by atoms with Gasteiger partial charge in [0.15, 0.2) is 11.6 Å². The summed E-state index contributed by atoms with van der Waals surface area (Å²) in [5.41, 5.74) is -0.262. The molecule has 0 saturated carbocycles. The first-order valence-electron chi connectivity index (χ1n) is 13.4. The number of rotatable bonds is 10. The molecule has 46 heavy (non-hydrogen) atoms. The number of hydrogen-bond donors (Lipinski definition) is 4. The molecule has 0 saturated heterocycles. The molecule has 0 radical (unpaired) electrons. The predicted octanol–water partition coefficient (Wildman–Crippen LogP) is 5.41. The SMILES string of the molecule is COC(=O)c1ccc(O)c(C(=O)/C=C(\O)c2ccc3c(OC)c(/C(O)=C/C(=O)c4cc(C(=O)OC)ccc4O)ccc3c2OC)c1. The molecule has 0 unspecified atom stereocenters. The van der Waals surface area contributed by atoms with Crippen LogP contribution >= 0.6 is 0 Å². The van der Waals surface area contributed by atoms with Crippen LogP contribution in [-0.2, 0) is 9.47 Å². The largest absolute Gasteiger partial charge is 0.507 e. The summed E-state index contributed by atoms with van der Waals surface area (Å²) in [5, 5.41) is 43.0. The Morgan fingerprint density at radius 2 is 0.913 bits per heavy atom. The average molecular weight is 629 g/mol. The number of carbonyl (C=O) groups is 4. The van der Waals surface area contributed by atoms with E-state index in [1.807, 2.05) is 0 Å². The summed E-state index contributed by atoms with van der Waals surface area (Å²) in [5.74, 6) is -4.66. The molecule has 4 N–H and O–H groups in total. The summed E-state index contributed by atoms with van der Waals surface area (Å²) in [6.45, 7) is 0. The molecule has 0 heterocycles. The molecule has 12 nitrogen and oxygen atoms in total. The fourth-order valence-corrected chi connectivity index (χ4v) is 4.71. The summed E-state index contributed by atoms with van der Waals surface area (Å²) in [4.78, 5) is 49.7. The Labute approximate surface area is 262 Å². The molecule has 12 heteroatoms. The van der Waals surface area contributed by atoms with Crippen molar-refractivity contribution in [3.63, 3.8) is 0 Å². The van der Waals surface area contributed by atoms with Crippen LogP contribution in [0.5, 0.6) is 23.0 Å². The normalized spacial score (nSPS) is 11.6. The van der Waals surface area contributed by atoms with Crippen LogP contribution in [0.25, 0.3) is 22.3 Å². The molecule has 236 valence electrons. The zero-order chi connectivity index (χ0) is 33.7. The molecular formula is C34H28O12. The van der Waals surface area contributed by atoms with Crippen LogP contribution in [0.15, 0.2) is 72.8 Å². The minimum Gasteiger partial charge on any atom is -0.507 e. The van der Waals surface area contributed by atoms with Crippen LogP contribution in [0, 0.1) is 0 Å². The predicted molar refractivity (Wildman–Crippen MR) is 166 cm³/mol. The highest BCUT2D eigenvalue weighted by atomic mass is 16.5. The van der Waals surface area contributed by atoms with Crippen molar-refractivity contribution in [3.05, 3.63) is 106 Å². The Balaban J connectivity index is 1.74. The zero-order valence-electron chi connectivity index (χ0n) is 25.0. The highest BCUT2D eigenvalue weighted by molar-refractivity contribution is 6.12. The summed E-state index contributed by atoms with van der Waals surface area (Å²) < 4.78 is 20.4. The van der Waals surface area contributed by atoms with Gasteiger partial charge in [0.05, 0.1) is 61.8 Å². The number of allylic oxidation sites excluding steroid dienone is 2. The standard InChI is InChI=1S/C34H28O12/c1-43-31-19-7-10-22(28(38)16-30(40)24-14-18(34(42)46-4)6-12-26(24)36)32(44-2)20(19)8-9-21(31)27(37)15-29(39)23-13-17(33(41)45-3)5-11-25(23)35/h5-16,35-38H,1-4H3/b27-15-,28-16-. The molecule has 0 aliphatic rings. The Kier molecular flexibility index (Phi) is 9.61. The van der Waals surface area contributed by atoms with Gasteiger partial charge >= 0.3 is 11.9 Å². The number of fused-ring (bicyclic) bond motifs is 1. The number of methoxy groups -OCH3 is 4. The summed E-state index contributed by atoms with van der Waals surface area (Å²) in [7, 11) is 5.01. The number of phenolic OH excluding ortho intramolecular Hbond substituents is 2. The van der Waals surface area contributed by atoms with Crippen molar-refractivity contribution in [2.45, 2.75) is 0 Å². The molecule has 0 aromatic heterocycles. The molecule has 4 aromatic rings. The Bertz CT molecular complexity index is 1810. The van der Waals surface area contributed by atoms with Crippen LogP contribution in [-0.4, -0.2) is 72.4 Å². The molecule has 0 fully saturated rings. The van der Waals surface area contributed by atoms with Gasteiger partial charge in [-0.1, -0.05) is 0 Å². The Hall–Kier alpha value is -6.30. The van der Waals surface area contributed by atoms with Crippen LogP contribution in [0.2, 0.25) is 0 Å². The number of carbonyl (C=O) groups excluding carboxylic acids is 4. The second-order valence-electron chi connectivity index (χ2n) is 9.62. The smallest absolute Gasteiger partial charge is 0.337 e. The first-order valence-corrected chi connectivity index (χ1v) is 13.4. The van der Waals surface area contributed by atoms with Gasteiger partial charge in [0.1, 0.15) is 34.5 Å². The van der Waals surface area contributed by atoms with Gasteiger partial charge in [-0.3, -0.25) is 9.59 Å². The fraction of sp³-hybridized carbons (Fsp3) is 0.118. The third-order valence-corrected chi connectivity index (χ3v) is 6.96. The highest BCUT2D eigenvalue weighted by Gasteiger charge is 2.21. The maximum absolute atomic E-state index is 13.0. The lowest BCUT2D eigenvalue weighted by molar-refractivity contribution is 0.0591. The maximum Gasteiger partial charge on any atom is 0.337 e. The number of hydrogen-bond acceptors (Lipinski definition) is 12. The van der Waals surface area contributed by atoms with E-state index in [0.717, 1.165) is 36.4 Å². The second-order valence-corrected chi connectivity index (χ2v) is 9.62. The number of esters is 2. The lowest BCUT2D eigenvalue weighted by Gasteiger charge is -2.16. The van der Waals surface area contributed by atoms with E-state index in [4.69, 9.17) is 9.47 Å². The molecule has 0 bridgehead atoms. The molecular weight excluding hydrogens is 600 g/mol. The van der Waals surface area contributed by atoms with Crippen molar-refractivity contribution in [2.75, 3.05) is 28.4 Å². The quantitative estimate of drug-likeness (QED) is 0.0759. The van der Waals surface area contributed by atoms with Gasteiger partial charge < -0.3 is 39.4 Å². The Morgan fingerprint density at radius 1 is 0.543 bits per heavy atom. The zero-order valence-corrected chi connectivity index (χ0v) is 25.0. The molecule has 0 aliphatic heterocycles. The van der Waals surface area contributed by atoms with Crippen molar-refractivity contribution < 1.29 is 58.6 Å². The number of aliphatic hydroxyl groups excluding tert-OH is 2. The van der Waals surface area contributed by atoms with E-state index >= 15 is 0 Å². The number of aliphatic hydroxyl groups is 2. The highest BCUT2D eigenvalue weighted by Crippen LogP contribution is 2.41. The van der Waals surface area contributed by atoms with Gasteiger partial charge in [-0.2, -0.15) is 0 Å². The molecule has 0 amide bonds. The lowest BCUT2D eigenvalue weighted by atomic mass is 9.98. The van der Waals surface area contributed by atoms with E-state index < -0.39 is 46.5 Å². The fourth-order valence-electron chi connectivity index (χ4n) is 4.71. The van der Waals surface area contributed by atoms with Gasteiger partial charge in [0.2, 0.25) is 0 Å². The minimum atomic E-state index is -0.807. The second kappa shape index (κ2) is 13.6. The van der Waals surface area contributed by atoms with E-state index in [1.54, 1.807) is 0 Å². The number of aromatic hydroxyl groups is 2. The monoisotopic (exact) mass is 628 g/mol. The number of ether oxygens (including phenoxy) is 4. The molecule has 4 rings (SSSR count). The van der Waals surface area contributed by atoms with Crippen LogP contribution in [0.3, 0.4) is 0 Å². The van der Waals surface area contributed by atoms with E-state index in [-0.39, 0.29) is 44.9 Å². The minimum absolute atomic E-state index is 0.0215. The summed E-state index contributed by atoms with van der Waals surface area (Å²) in [6, 6.07) is 13.1. The van der Waals surface area contributed by atoms with Gasteiger partial charge in [-0.15, -0.1) is 0 Å². The van der Waals surface area contributed by atoms with Crippen LogP contribution in [0.4, 0.5) is 0 Å². The lowest BCUT2D eigenvalue weighted by Crippen LogP contribution is -2.05. The van der Waals surface area contributed by atoms with Crippen molar-refractivity contribution in [3.8, 4) is 23.0 Å². The molecule has 0 aliphatic carbocycles. The van der Waals surface area contributed by atoms with Crippen molar-refractivity contribution >= 4 is 45.8 Å². The van der Waals surface area contributed by atoms with Gasteiger partial charge in [-0.05, 0) is 60.7 Å². The first kappa shape index (κ1) is 32.6. The van der Waals surface area contributed by atoms with Gasteiger partial charge in [-0.25, -0.2) is 9.59 Å². The van der Waals surface area contributed by atoms with Crippen LogP contribution in [0.1, 0.15) is 52.6 Å². The van der Waals surface area contributed by atoms with E-state index in [0.29, 0.717) is 10.8 Å². The maximum atomic E-state index is 13.0. The number of benzene rings is 4. The van der Waals surface area contributed by atoms with Crippen molar-refractivity contribution in [1.29, 1.82) is 0 Å². The summed E-state index contributed by atoms with van der Waals surface area (Å²) >= 11 is 0. The molecule has 4 aromatic carbocycles. The van der Waals surface area contributed by atoms with E-state index in [1.165, 1.54) is 64.8 Å². The van der Waals surface area contributed by atoms with E-state index in [2.05, 4.69) is 9.47 Å². The van der Waals surface area contributed by atoms with Crippen LogP contribution < -0.4 is 9.47 Å². The van der Waals surface area contributed by atoms with Crippen molar-refractivity contribution in [2.24, 2.45) is 0 Å². The topological polar surface area (TPSA) is 186 Å². The van der Waals surface area contributed by atoms with Gasteiger partial charge in [0.25, 0.3) is 0 Å². The number of phenols is 2. The third kappa shape index (κ3) is 6.31. The van der Waals surface area contributed by atoms with Crippen molar-refractivity contribution in [1.82, 2.24) is 0 Å².